The van der Waals surface area contributed by atoms with Crippen LogP contribution in [0.2, 0.25) is 0 Å². The molecule has 5 nitrogen and oxygen atoms in total. The molecule has 54 heavy (non-hydrogen) atoms. The highest BCUT2D eigenvalue weighted by Gasteiger charge is 2.19. The minimum Gasteiger partial charge on any atom is -0.309 e. The number of rotatable bonds is 5. The van der Waals surface area contributed by atoms with Crippen LogP contribution in [0.4, 0.5) is 0 Å². The Bertz CT molecular complexity index is 3120. The Balaban J connectivity index is 1.10. The van der Waals surface area contributed by atoms with Gasteiger partial charge in [-0.3, -0.25) is 0 Å². The average Bonchev–Trinajstić information content (AvgIpc) is 3.76. The molecule has 0 aliphatic heterocycles. The van der Waals surface area contributed by atoms with E-state index in [1.807, 2.05) is 60.7 Å². The molecular weight excluding hydrogens is 659 g/mol. The molecule has 0 aliphatic carbocycles. The van der Waals surface area contributed by atoms with Gasteiger partial charge in [0.15, 0.2) is 17.5 Å². The van der Waals surface area contributed by atoms with Crippen LogP contribution in [-0.2, 0) is 0 Å². The zero-order valence-electron chi connectivity index (χ0n) is 29.1. The highest BCUT2D eigenvalue weighted by molar-refractivity contribution is 6.22. The summed E-state index contributed by atoms with van der Waals surface area (Å²) in [5.74, 6) is 1.94. The van der Waals surface area contributed by atoms with Crippen LogP contribution in [0.25, 0.3) is 99.9 Å². The molecule has 0 bridgehead atoms. The van der Waals surface area contributed by atoms with Gasteiger partial charge in [-0.2, -0.15) is 0 Å². The summed E-state index contributed by atoms with van der Waals surface area (Å²) in [7, 11) is 0. The van der Waals surface area contributed by atoms with E-state index < -0.39 is 0 Å². The molecule has 0 saturated heterocycles. The van der Waals surface area contributed by atoms with E-state index in [0.717, 1.165) is 39.1 Å². The lowest BCUT2D eigenvalue weighted by Crippen LogP contribution is -2.00. The molecule has 11 rings (SSSR count). The quantitative estimate of drug-likeness (QED) is 0.181. The van der Waals surface area contributed by atoms with Gasteiger partial charge < -0.3 is 9.13 Å². The second-order valence-electron chi connectivity index (χ2n) is 13.7. The first kappa shape index (κ1) is 30.3. The first-order chi connectivity index (χ1) is 26.8. The van der Waals surface area contributed by atoms with Gasteiger partial charge >= 0.3 is 0 Å². The van der Waals surface area contributed by atoms with Gasteiger partial charge in [-0.15, -0.1) is 0 Å². The molecular formula is C49H31N5. The number of para-hydroxylation sites is 3. The van der Waals surface area contributed by atoms with E-state index in [0.29, 0.717) is 17.5 Å². The standard InChI is InChI=1S/C49H31N5/c1-4-14-32(15-5-1)47-50-48(33-16-6-2-7-17-33)52-49(51-47)34-24-27-37(28-25-34)53-43-22-12-11-21-39(43)42-31-41-35(30-45(42)53)26-29-40-38-20-10-13-23-44(38)54(46(40)41)36-18-8-3-9-19-36/h1-31H. The molecule has 8 aromatic carbocycles. The zero-order chi connectivity index (χ0) is 35.6. The van der Waals surface area contributed by atoms with E-state index in [1.165, 1.54) is 43.4 Å². The van der Waals surface area contributed by atoms with Crippen LogP contribution in [0.3, 0.4) is 0 Å². The molecule has 0 N–H and O–H groups in total. The minimum atomic E-state index is 0.639. The van der Waals surface area contributed by atoms with Gasteiger partial charge in [0.05, 0.1) is 22.1 Å². The number of fused-ring (bicyclic) bond motifs is 8. The Hall–Kier alpha value is -7.37. The Kier molecular flexibility index (Phi) is 6.79. The van der Waals surface area contributed by atoms with Crippen LogP contribution in [0.15, 0.2) is 188 Å². The highest BCUT2D eigenvalue weighted by Crippen LogP contribution is 2.41. The Morgan fingerprint density at radius 3 is 1.39 bits per heavy atom. The summed E-state index contributed by atoms with van der Waals surface area (Å²) >= 11 is 0. The number of hydrogen-bond acceptors (Lipinski definition) is 3. The number of hydrogen-bond donors (Lipinski definition) is 0. The minimum absolute atomic E-state index is 0.639. The second-order valence-corrected chi connectivity index (χ2v) is 13.7. The third kappa shape index (κ3) is 4.76. The van der Waals surface area contributed by atoms with Crippen molar-refractivity contribution in [1.82, 2.24) is 24.1 Å². The van der Waals surface area contributed by atoms with Crippen molar-refractivity contribution in [1.29, 1.82) is 0 Å². The average molecular weight is 690 g/mol. The van der Waals surface area contributed by atoms with Crippen LogP contribution in [0.5, 0.6) is 0 Å². The van der Waals surface area contributed by atoms with Gasteiger partial charge in [-0.05, 0) is 66.0 Å². The molecule has 0 saturated carbocycles. The maximum absolute atomic E-state index is 4.96. The molecule has 0 spiro atoms. The van der Waals surface area contributed by atoms with E-state index in [2.05, 4.69) is 137 Å². The summed E-state index contributed by atoms with van der Waals surface area (Å²) in [4.78, 5) is 14.8. The Morgan fingerprint density at radius 2 is 0.778 bits per heavy atom. The predicted octanol–water partition coefficient (Wildman–Crippen LogP) is 12.2. The smallest absolute Gasteiger partial charge is 0.164 e. The molecule has 3 heterocycles. The normalized spacial score (nSPS) is 11.7. The molecule has 0 radical (unpaired) electrons. The first-order valence-electron chi connectivity index (χ1n) is 18.2. The topological polar surface area (TPSA) is 48.5 Å². The monoisotopic (exact) mass is 689 g/mol. The van der Waals surface area contributed by atoms with Crippen molar-refractivity contribution >= 4 is 54.4 Å². The predicted molar refractivity (Wildman–Crippen MR) is 222 cm³/mol. The van der Waals surface area contributed by atoms with E-state index in [9.17, 15) is 0 Å². The fourth-order valence-electron chi connectivity index (χ4n) is 8.07. The lowest BCUT2D eigenvalue weighted by molar-refractivity contribution is 1.07. The van der Waals surface area contributed by atoms with E-state index in [1.54, 1.807) is 0 Å². The van der Waals surface area contributed by atoms with Crippen molar-refractivity contribution in [2.45, 2.75) is 0 Å². The largest absolute Gasteiger partial charge is 0.309 e. The van der Waals surface area contributed by atoms with Crippen LogP contribution < -0.4 is 0 Å². The number of nitrogens with zero attached hydrogens (tertiary/aromatic N) is 5. The summed E-state index contributed by atoms with van der Waals surface area (Å²) in [6, 6.07) is 66.3. The molecule has 11 aromatic rings. The molecule has 0 fully saturated rings. The van der Waals surface area contributed by atoms with Gasteiger partial charge in [0.2, 0.25) is 0 Å². The third-order valence-electron chi connectivity index (χ3n) is 10.5. The number of aromatic nitrogens is 5. The van der Waals surface area contributed by atoms with Crippen LogP contribution >= 0.6 is 0 Å². The molecule has 252 valence electrons. The summed E-state index contributed by atoms with van der Waals surface area (Å²) in [5.41, 5.74) is 9.82. The van der Waals surface area contributed by atoms with Crippen LogP contribution in [-0.4, -0.2) is 24.1 Å². The second kappa shape index (κ2) is 12.1. The highest BCUT2D eigenvalue weighted by atomic mass is 15.0. The maximum atomic E-state index is 4.96. The summed E-state index contributed by atoms with van der Waals surface area (Å²) in [6.07, 6.45) is 0. The van der Waals surface area contributed by atoms with E-state index >= 15 is 0 Å². The molecule has 0 aliphatic rings. The van der Waals surface area contributed by atoms with Gasteiger partial charge in [-0.1, -0.05) is 127 Å². The SMILES string of the molecule is c1ccc(-c2nc(-c3ccccc3)nc(-c3ccc(-n4c5ccccc5c5cc6c(ccc7c8ccccc8n(-c8ccccc8)c67)cc54)cc3)n2)cc1. The Labute approximate surface area is 311 Å². The van der Waals surface area contributed by atoms with Crippen molar-refractivity contribution in [2.75, 3.05) is 0 Å². The summed E-state index contributed by atoms with van der Waals surface area (Å²) in [6.45, 7) is 0. The van der Waals surface area contributed by atoms with Crippen molar-refractivity contribution < 1.29 is 0 Å². The molecule has 5 heteroatoms. The lowest BCUT2D eigenvalue weighted by Gasteiger charge is -2.12. The fraction of sp³-hybridized carbons (Fsp3) is 0. The molecule has 0 amide bonds. The van der Waals surface area contributed by atoms with Gasteiger partial charge in [0.25, 0.3) is 0 Å². The van der Waals surface area contributed by atoms with Gasteiger partial charge in [-0.25, -0.2) is 15.0 Å². The van der Waals surface area contributed by atoms with E-state index in [4.69, 9.17) is 15.0 Å². The van der Waals surface area contributed by atoms with Crippen molar-refractivity contribution in [3.05, 3.63) is 188 Å². The van der Waals surface area contributed by atoms with Gasteiger partial charge in [0, 0.05) is 55.0 Å². The van der Waals surface area contributed by atoms with Crippen LogP contribution in [0, 0.1) is 0 Å². The lowest BCUT2D eigenvalue weighted by atomic mass is 10.0. The third-order valence-corrected chi connectivity index (χ3v) is 10.5. The molecule has 3 aromatic heterocycles. The fourth-order valence-corrected chi connectivity index (χ4v) is 8.07. The zero-order valence-corrected chi connectivity index (χ0v) is 29.1. The number of benzene rings is 8. The molecule has 0 atom stereocenters. The summed E-state index contributed by atoms with van der Waals surface area (Å²) < 4.78 is 4.80. The van der Waals surface area contributed by atoms with Crippen molar-refractivity contribution in [3.63, 3.8) is 0 Å². The Morgan fingerprint density at radius 1 is 0.296 bits per heavy atom. The van der Waals surface area contributed by atoms with Gasteiger partial charge in [0.1, 0.15) is 0 Å². The van der Waals surface area contributed by atoms with Crippen molar-refractivity contribution in [3.8, 4) is 45.5 Å². The van der Waals surface area contributed by atoms with E-state index in [-0.39, 0.29) is 0 Å². The summed E-state index contributed by atoms with van der Waals surface area (Å²) in [5, 5.41) is 7.38. The first-order valence-corrected chi connectivity index (χ1v) is 18.2. The van der Waals surface area contributed by atoms with Crippen molar-refractivity contribution in [2.24, 2.45) is 0 Å². The molecule has 0 unspecified atom stereocenters. The van der Waals surface area contributed by atoms with Crippen LogP contribution in [0.1, 0.15) is 0 Å². The maximum Gasteiger partial charge on any atom is 0.164 e.